The van der Waals surface area contributed by atoms with Crippen molar-refractivity contribution in [1.82, 2.24) is 5.32 Å². The molecule has 1 fully saturated rings. The Kier molecular flexibility index (Phi) is 4.23. The molecule has 0 aliphatic heterocycles. The van der Waals surface area contributed by atoms with E-state index in [1.54, 1.807) is 0 Å². The molecule has 6 heteroatoms. The molecule has 1 saturated carbocycles. The Bertz CT molecular complexity index is 509. The quantitative estimate of drug-likeness (QED) is 0.871. The van der Waals surface area contributed by atoms with E-state index in [1.807, 2.05) is 6.92 Å². The minimum Gasteiger partial charge on any atom is -0.487 e. The van der Waals surface area contributed by atoms with Crippen molar-refractivity contribution in [2.45, 2.75) is 37.8 Å². The molecule has 0 spiro atoms. The molecule has 0 bridgehead atoms. The van der Waals surface area contributed by atoms with Crippen LogP contribution in [0.25, 0.3) is 0 Å². The highest BCUT2D eigenvalue weighted by Gasteiger charge is 2.46. The topological polar surface area (TPSA) is 58.6 Å². The normalized spacial score (nSPS) is 25.6. The van der Waals surface area contributed by atoms with Gasteiger partial charge in [-0.3, -0.25) is 4.79 Å². The molecule has 1 aromatic rings. The summed E-state index contributed by atoms with van der Waals surface area (Å²) >= 11 is 0. The summed E-state index contributed by atoms with van der Waals surface area (Å²) in [6.07, 6.45) is 0.667. The third-order valence-electron chi connectivity index (χ3n) is 3.58. The summed E-state index contributed by atoms with van der Waals surface area (Å²) in [5, 5.41) is 12.3. The summed E-state index contributed by atoms with van der Waals surface area (Å²) in [6, 6.07) is 2.98. The predicted molar refractivity (Wildman–Crippen MR) is 68.7 cm³/mol. The smallest absolute Gasteiger partial charge is 0.324 e. The molecule has 0 heterocycles. The molecule has 1 aliphatic carbocycles. The Morgan fingerprint density at radius 3 is 2.95 bits per heavy atom. The Balaban J connectivity index is 2.09. The van der Waals surface area contributed by atoms with E-state index in [0.29, 0.717) is 19.4 Å². The summed E-state index contributed by atoms with van der Waals surface area (Å²) in [6.45, 7) is 2.35. The maximum atomic E-state index is 13.5. The van der Waals surface area contributed by atoms with Crippen molar-refractivity contribution in [1.29, 1.82) is 0 Å². The fourth-order valence-corrected chi connectivity index (χ4v) is 2.62. The average Bonchev–Trinajstić information content (AvgIpc) is 2.79. The molecular weight excluding hydrogens is 268 g/mol. The van der Waals surface area contributed by atoms with Crippen LogP contribution in [0.4, 0.5) is 8.78 Å². The molecule has 1 aliphatic rings. The number of hydrogen-bond donors (Lipinski definition) is 2. The molecule has 1 aromatic carbocycles. The zero-order chi connectivity index (χ0) is 14.8. The van der Waals surface area contributed by atoms with Crippen molar-refractivity contribution in [2.75, 3.05) is 6.54 Å². The van der Waals surface area contributed by atoms with Gasteiger partial charge >= 0.3 is 5.97 Å². The minimum absolute atomic E-state index is 0.173. The zero-order valence-electron chi connectivity index (χ0n) is 11.2. The summed E-state index contributed by atoms with van der Waals surface area (Å²) in [4.78, 5) is 11.4. The van der Waals surface area contributed by atoms with Gasteiger partial charge in [0.15, 0.2) is 11.6 Å². The van der Waals surface area contributed by atoms with E-state index < -0.39 is 29.2 Å². The number of nitrogens with one attached hydrogen (secondary N) is 1. The summed E-state index contributed by atoms with van der Waals surface area (Å²) < 4.78 is 32.0. The van der Waals surface area contributed by atoms with Gasteiger partial charge in [-0.1, -0.05) is 6.92 Å². The van der Waals surface area contributed by atoms with Gasteiger partial charge < -0.3 is 15.2 Å². The van der Waals surface area contributed by atoms with Crippen LogP contribution in [-0.4, -0.2) is 29.3 Å². The molecule has 0 radical (unpaired) electrons. The van der Waals surface area contributed by atoms with Crippen LogP contribution in [0.5, 0.6) is 5.75 Å². The Morgan fingerprint density at radius 1 is 1.55 bits per heavy atom. The molecule has 0 aromatic heterocycles. The first-order chi connectivity index (χ1) is 9.47. The molecule has 20 heavy (non-hydrogen) atoms. The fraction of sp³-hybridized carbons (Fsp3) is 0.500. The maximum Gasteiger partial charge on any atom is 0.324 e. The number of hydrogen-bond acceptors (Lipinski definition) is 3. The van der Waals surface area contributed by atoms with Crippen LogP contribution in [0.2, 0.25) is 0 Å². The van der Waals surface area contributed by atoms with Gasteiger partial charge in [-0.05, 0) is 31.5 Å². The van der Waals surface area contributed by atoms with Crippen LogP contribution < -0.4 is 10.1 Å². The molecule has 2 unspecified atom stereocenters. The van der Waals surface area contributed by atoms with Gasteiger partial charge in [0.2, 0.25) is 0 Å². The number of rotatable bonds is 5. The average molecular weight is 285 g/mol. The maximum absolute atomic E-state index is 13.5. The molecule has 2 rings (SSSR count). The van der Waals surface area contributed by atoms with Gasteiger partial charge in [-0.15, -0.1) is 0 Å². The van der Waals surface area contributed by atoms with Crippen LogP contribution >= 0.6 is 0 Å². The second-order valence-electron chi connectivity index (χ2n) is 4.97. The van der Waals surface area contributed by atoms with Gasteiger partial charge in [-0.2, -0.15) is 0 Å². The Labute approximate surface area is 115 Å². The van der Waals surface area contributed by atoms with E-state index >= 15 is 0 Å². The lowest BCUT2D eigenvalue weighted by atomic mass is 9.98. The lowest BCUT2D eigenvalue weighted by molar-refractivity contribution is -0.144. The number of halogens is 2. The molecule has 0 amide bonds. The van der Waals surface area contributed by atoms with Gasteiger partial charge in [0.1, 0.15) is 17.5 Å². The third-order valence-corrected chi connectivity index (χ3v) is 3.58. The predicted octanol–water partition coefficient (Wildman–Crippen LogP) is 2.33. The van der Waals surface area contributed by atoms with Gasteiger partial charge in [0, 0.05) is 12.5 Å². The van der Waals surface area contributed by atoms with E-state index in [-0.39, 0.29) is 12.2 Å². The second kappa shape index (κ2) is 5.75. The van der Waals surface area contributed by atoms with Crippen molar-refractivity contribution in [3.05, 3.63) is 29.8 Å². The first-order valence-electron chi connectivity index (χ1n) is 6.57. The molecule has 4 nitrogen and oxygen atoms in total. The Hall–Kier alpha value is -1.69. The molecule has 110 valence electrons. The van der Waals surface area contributed by atoms with Crippen LogP contribution in [-0.2, 0) is 4.79 Å². The summed E-state index contributed by atoms with van der Waals surface area (Å²) in [5.41, 5.74) is -1.04. The standard InChI is InChI=1S/C14H17F2NO3/c1-2-17-14(13(18)19)6-5-10(8-14)20-12-7-9(15)3-4-11(12)16/h3-4,7,10,17H,2,5-6,8H2,1H3,(H,18,19). The van der Waals surface area contributed by atoms with E-state index in [2.05, 4.69) is 5.32 Å². The van der Waals surface area contributed by atoms with Crippen molar-refractivity contribution < 1.29 is 23.4 Å². The number of carbonyl (C=O) groups is 1. The number of likely N-dealkylation sites (N-methyl/N-ethyl adjacent to an activating group) is 1. The highest BCUT2D eigenvalue weighted by Crippen LogP contribution is 2.34. The van der Waals surface area contributed by atoms with Crippen LogP contribution in [0.15, 0.2) is 18.2 Å². The molecule has 0 saturated heterocycles. The summed E-state index contributed by atoms with van der Waals surface area (Å²) in [7, 11) is 0. The molecule has 2 N–H and O–H groups in total. The molecule has 2 atom stereocenters. The second-order valence-corrected chi connectivity index (χ2v) is 4.97. The van der Waals surface area contributed by atoms with Crippen molar-refractivity contribution in [3.63, 3.8) is 0 Å². The molecular formula is C14H17F2NO3. The highest BCUT2D eigenvalue weighted by atomic mass is 19.1. The van der Waals surface area contributed by atoms with Crippen molar-refractivity contribution in [3.8, 4) is 5.75 Å². The number of ether oxygens (including phenoxy) is 1. The number of carboxylic acid groups (broad SMARTS) is 1. The van der Waals surface area contributed by atoms with Crippen LogP contribution in [0, 0.1) is 11.6 Å². The lowest BCUT2D eigenvalue weighted by Gasteiger charge is -2.25. The number of benzene rings is 1. The fourth-order valence-electron chi connectivity index (χ4n) is 2.62. The van der Waals surface area contributed by atoms with Gasteiger partial charge in [0.25, 0.3) is 0 Å². The van der Waals surface area contributed by atoms with Crippen molar-refractivity contribution >= 4 is 5.97 Å². The van der Waals surface area contributed by atoms with Crippen LogP contribution in [0.1, 0.15) is 26.2 Å². The highest BCUT2D eigenvalue weighted by molar-refractivity contribution is 5.79. The van der Waals surface area contributed by atoms with E-state index in [9.17, 15) is 18.7 Å². The first-order valence-corrected chi connectivity index (χ1v) is 6.57. The Morgan fingerprint density at radius 2 is 2.30 bits per heavy atom. The minimum atomic E-state index is -1.04. The number of carboxylic acids is 1. The lowest BCUT2D eigenvalue weighted by Crippen LogP contribution is -2.50. The van der Waals surface area contributed by atoms with Crippen LogP contribution in [0.3, 0.4) is 0 Å². The third kappa shape index (κ3) is 2.90. The summed E-state index contributed by atoms with van der Waals surface area (Å²) in [5.74, 6) is -2.35. The zero-order valence-corrected chi connectivity index (χ0v) is 11.2. The first kappa shape index (κ1) is 14.7. The van der Waals surface area contributed by atoms with Gasteiger partial charge in [-0.25, -0.2) is 8.78 Å². The van der Waals surface area contributed by atoms with Crippen molar-refractivity contribution in [2.24, 2.45) is 0 Å². The monoisotopic (exact) mass is 285 g/mol. The largest absolute Gasteiger partial charge is 0.487 e. The number of aliphatic carboxylic acids is 1. The van der Waals surface area contributed by atoms with Gasteiger partial charge in [0.05, 0.1) is 0 Å². The SMILES string of the molecule is CCNC1(C(=O)O)CCC(Oc2cc(F)ccc2F)C1. The van der Waals surface area contributed by atoms with E-state index in [1.165, 1.54) is 0 Å². The van der Waals surface area contributed by atoms with E-state index in [4.69, 9.17) is 4.74 Å². The van der Waals surface area contributed by atoms with E-state index in [0.717, 1.165) is 18.2 Å².